The van der Waals surface area contributed by atoms with Gasteiger partial charge in [0.25, 0.3) is 0 Å². The van der Waals surface area contributed by atoms with Crippen molar-refractivity contribution >= 4 is 10.5 Å². The molecule has 0 aromatic carbocycles. The largest absolute Gasteiger partial charge is 0.491 e. The van der Waals surface area contributed by atoms with Gasteiger partial charge in [0.15, 0.2) is 0 Å². The van der Waals surface area contributed by atoms with E-state index in [1.165, 1.54) is 0 Å². The van der Waals surface area contributed by atoms with E-state index in [0.717, 1.165) is 0 Å². The molecule has 0 saturated carbocycles. The fourth-order valence-corrected chi connectivity index (χ4v) is 0.993. The maximum Gasteiger partial charge on any atom is 0.491 e. The quantitative estimate of drug-likeness (QED) is 0.454. The van der Waals surface area contributed by atoms with E-state index in [1.807, 2.05) is 0 Å². The van der Waals surface area contributed by atoms with Gasteiger partial charge in [0.1, 0.15) is 0 Å². The van der Waals surface area contributed by atoms with Crippen LogP contribution in [-0.2, 0) is 19.4 Å². The number of alkyl halides is 6. The van der Waals surface area contributed by atoms with E-state index in [2.05, 4.69) is 8.92 Å². The van der Waals surface area contributed by atoms with E-state index in [-0.39, 0.29) is 7.11 Å². The molecule has 17 heavy (non-hydrogen) atoms. The molecule has 12 heteroatoms. The fraction of sp³-hybridized carbons (Fsp3) is 0.600. The molecule has 0 fully saturated rings. The van der Waals surface area contributed by atoms with Crippen LogP contribution < -0.4 is 0 Å². The first-order valence-corrected chi connectivity index (χ1v) is 4.66. The first-order chi connectivity index (χ1) is 7.29. The van der Waals surface area contributed by atoms with Crippen LogP contribution in [0.3, 0.4) is 0 Å². The smallest absolute Gasteiger partial charge is 0.467 e. The minimum atomic E-state index is -6.08. The summed E-state index contributed by atoms with van der Waals surface area (Å²) in [4.78, 5) is 0. The molecule has 0 aromatic heterocycles. The van der Waals surface area contributed by atoms with Crippen LogP contribution in [0.25, 0.3) is 0 Å². The third kappa shape index (κ3) is 5.10. The van der Waals surface area contributed by atoms with E-state index >= 15 is 0 Å². The summed E-state index contributed by atoms with van der Waals surface area (Å²) < 4.78 is 110. The molecule has 0 atom stereocenters. The maximum atomic E-state index is 12.0. The molecule has 0 spiro atoms. The molecule has 0 heterocycles. The molecule has 0 aliphatic carbocycles. The van der Waals surface area contributed by atoms with Crippen molar-refractivity contribution in [2.24, 2.45) is 0 Å². The molecule has 0 aliphatic heterocycles. The lowest BCUT2D eigenvalue weighted by molar-refractivity contribution is -0.179. The number of methoxy groups -OCH3 is 1. The van der Waals surface area contributed by atoms with Crippen LogP contribution in [0.5, 0.6) is 0 Å². The third-order valence-corrected chi connectivity index (χ3v) is 1.48. The number of allylic oxidation sites excluding steroid dienone is 1. The lowest BCUT2D eigenvalue weighted by Crippen LogP contribution is -2.29. The Labute approximate surface area is 90.0 Å². The van der Waals surface area contributed by atoms with Crippen LogP contribution in [0.4, 0.5) is 30.2 Å². The fourth-order valence-electron chi connectivity index (χ4n) is 0.660. The normalized spacial score (nSPS) is 13.2. The van der Waals surface area contributed by atoms with Crippen molar-refractivity contribution in [3.63, 3.8) is 0 Å². The average molecular weight is 292 g/mol. The predicted octanol–water partition coefficient (Wildman–Crippen LogP) is 2.20. The summed E-state index contributed by atoms with van der Waals surface area (Å²) in [6, 6.07) is 0. The molecule has 4 nitrogen and oxygen atoms in total. The Kier molecular flexibility index (Phi) is 4.26. The molecule has 0 unspecified atom stereocenters. The van der Waals surface area contributed by atoms with Gasteiger partial charge in [-0.05, 0) is 0 Å². The van der Waals surface area contributed by atoms with Gasteiger partial charge in [0.2, 0.25) is 5.57 Å². The summed E-state index contributed by atoms with van der Waals surface area (Å²) in [5.41, 5.74) is -3.41. The molecular formula is C5H3F7O4S. The Morgan fingerprint density at radius 2 is 1.35 bits per heavy atom. The van der Waals surface area contributed by atoms with Crippen molar-refractivity contribution < 1.29 is 47.6 Å². The summed E-state index contributed by atoms with van der Waals surface area (Å²) in [5, 5.41) is 0. The van der Waals surface area contributed by atoms with Crippen molar-refractivity contribution in [1.82, 2.24) is 0 Å². The highest BCUT2D eigenvalue weighted by molar-refractivity contribution is 7.81. The zero-order valence-corrected chi connectivity index (χ0v) is 8.50. The molecule has 0 bridgehead atoms. The second kappa shape index (κ2) is 4.58. The second-order valence-corrected chi connectivity index (χ2v) is 3.29. The Morgan fingerprint density at radius 1 is 1.00 bits per heavy atom. The maximum absolute atomic E-state index is 12.0. The van der Waals surface area contributed by atoms with Crippen LogP contribution in [0.15, 0.2) is 11.5 Å². The zero-order chi connectivity index (χ0) is 14.1. The Bertz CT molecular complexity index is 387. The Balaban J connectivity index is 5.82. The van der Waals surface area contributed by atoms with Crippen molar-refractivity contribution in [2.75, 3.05) is 7.11 Å². The Morgan fingerprint density at radius 3 is 1.53 bits per heavy atom. The van der Waals surface area contributed by atoms with Gasteiger partial charge in [-0.25, -0.2) is 0 Å². The van der Waals surface area contributed by atoms with E-state index in [0.29, 0.717) is 0 Å². The van der Waals surface area contributed by atoms with Crippen LogP contribution in [0.2, 0.25) is 0 Å². The standard InChI is InChI=1S/C5H3F7O4S/c1-15-3(16-17(12,13)14)2(4(6,7)8)5(9,10)11/h1H3. The molecular weight excluding hydrogens is 289 g/mol. The first-order valence-electron chi connectivity index (χ1n) is 3.35. The predicted molar refractivity (Wildman–Crippen MR) is 37.3 cm³/mol. The molecule has 0 aliphatic rings. The molecule has 102 valence electrons. The highest BCUT2D eigenvalue weighted by atomic mass is 32.3. The lowest BCUT2D eigenvalue weighted by Gasteiger charge is -2.17. The van der Waals surface area contributed by atoms with Crippen molar-refractivity contribution in [3.05, 3.63) is 11.5 Å². The van der Waals surface area contributed by atoms with E-state index in [9.17, 15) is 38.6 Å². The summed E-state index contributed by atoms with van der Waals surface area (Å²) in [5.74, 6) is -2.55. The first kappa shape index (κ1) is 15.8. The van der Waals surface area contributed by atoms with Gasteiger partial charge in [-0.15, -0.1) is 0 Å². The molecule has 0 aromatic rings. The van der Waals surface area contributed by atoms with Gasteiger partial charge >= 0.3 is 28.8 Å². The van der Waals surface area contributed by atoms with Crippen LogP contribution in [0, 0.1) is 0 Å². The van der Waals surface area contributed by atoms with Crippen molar-refractivity contribution in [3.8, 4) is 0 Å². The van der Waals surface area contributed by atoms with E-state index in [1.54, 1.807) is 0 Å². The number of hydrogen-bond acceptors (Lipinski definition) is 4. The van der Waals surface area contributed by atoms with Gasteiger partial charge in [0.05, 0.1) is 7.11 Å². The number of halogens is 7. The topological polar surface area (TPSA) is 52.6 Å². The second-order valence-electron chi connectivity index (χ2n) is 2.34. The monoisotopic (exact) mass is 292 g/mol. The highest BCUT2D eigenvalue weighted by Crippen LogP contribution is 2.41. The molecule has 0 amide bonds. The van der Waals surface area contributed by atoms with E-state index < -0.39 is 34.4 Å². The summed E-state index contributed by atoms with van der Waals surface area (Å²) in [7, 11) is -5.84. The van der Waals surface area contributed by atoms with Crippen LogP contribution >= 0.6 is 0 Å². The number of hydrogen-bond donors (Lipinski definition) is 0. The molecule has 0 N–H and O–H groups in total. The number of rotatable bonds is 3. The van der Waals surface area contributed by atoms with Gasteiger partial charge in [-0.2, -0.15) is 34.8 Å². The Hall–Kier alpha value is -1.20. The number of ether oxygens (including phenoxy) is 1. The lowest BCUT2D eigenvalue weighted by atomic mass is 10.2. The molecule has 0 radical (unpaired) electrons. The van der Waals surface area contributed by atoms with E-state index in [4.69, 9.17) is 0 Å². The van der Waals surface area contributed by atoms with Crippen molar-refractivity contribution in [1.29, 1.82) is 0 Å². The van der Waals surface area contributed by atoms with Crippen LogP contribution in [0.1, 0.15) is 0 Å². The zero-order valence-electron chi connectivity index (χ0n) is 7.69. The minimum absolute atomic E-state index is 0.248. The summed E-state index contributed by atoms with van der Waals surface area (Å²) in [6.07, 6.45) is -12.1. The highest BCUT2D eigenvalue weighted by Gasteiger charge is 2.56. The minimum Gasteiger partial charge on any atom is -0.467 e. The van der Waals surface area contributed by atoms with Gasteiger partial charge in [-0.1, -0.05) is 3.89 Å². The van der Waals surface area contributed by atoms with Crippen molar-refractivity contribution in [2.45, 2.75) is 12.4 Å². The van der Waals surface area contributed by atoms with Gasteiger partial charge < -0.3 is 8.92 Å². The van der Waals surface area contributed by atoms with Crippen LogP contribution in [-0.4, -0.2) is 27.9 Å². The van der Waals surface area contributed by atoms with Gasteiger partial charge in [0, 0.05) is 0 Å². The average Bonchev–Trinajstić information content (AvgIpc) is 1.94. The summed E-state index contributed by atoms with van der Waals surface area (Å²) >= 11 is 0. The third-order valence-electron chi connectivity index (χ3n) is 1.13. The SMILES string of the molecule is COC(OS(=O)(=O)F)=C(C(F)(F)F)C(F)(F)F. The van der Waals surface area contributed by atoms with Gasteiger partial charge in [-0.3, -0.25) is 0 Å². The molecule has 0 saturated heterocycles. The molecule has 0 rings (SSSR count). The summed E-state index contributed by atoms with van der Waals surface area (Å²) in [6.45, 7) is 0.